The van der Waals surface area contributed by atoms with Crippen molar-refractivity contribution in [3.63, 3.8) is 0 Å². The summed E-state index contributed by atoms with van der Waals surface area (Å²) in [5.41, 5.74) is 17.9. The number of anilines is 1. The van der Waals surface area contributed by atoms with E-state index in [1.807, 2.05) is 36.4 Å². The molecule has 7 aromatic rings. The molecule has 0 bridgehead atoms. The molecule has 4 aliphatic heterocycles. The highest BCUT2D eigenvalue weighted by Gasteiger charge is 2.57. The number of thioether (sulfide) groups is 3. The van der Waals surface area contributed by atoms with Gasteiger partial charge in [-0.15, -0.1) is 0 Å². The van der Waals surface area contributed by atoms with Crippen molar-refractivity contribution in [1.82, 2.24) is 16.0 Å². The van der Waals surface area contributed by atoms with E-state index in [0.29, 0.717) is 115 Å². The zero-order valence-corrected chi connectivity index (χ0v) is 80.0. The van der Waals surface area contributed by atoms with Crippen molar-refractivity contribution < 1.29 is 70.1 Å². The molecule has 17 rings (SSSR count). The number of nitro benzene ring substituents is 1. The molecule has 6 aliphatic carbocycles. The molecular formula is C101H126F6N10O10S4. The van der Waals surface area contributed by atoms with Crippen LogP contribution in [0.1, 0.15) is 210 Å². The Hall–Kier alpha value is -8.88. The molecular weight excluding hydrogens is 1760 g/mol. The molecule has 30 heteroatoms. The molecule has 131 heavy (non-hydrogen) atoms. The lowest BCUT2D eigenvalue weighted by molar-refractivity contribution is -0.385. The molecule has 10 aliphatic rings. The summed E-state index contributed by atoms with van der Waals surface area (Å²) in [5.74, 6) is 4.27. The Kier molecular flexibility index (Phi) is 32.7. The molecule has 7 fully saturated rings. The molecule has 4 heterocycles. The summed E-state index contributed by atoms with van der Waals surface area (Å²) in [7, 11) is 0. The van der Waals surface area contributed by atoms with E-state index < -0.39 is 61.7 Å². The number of thiocarbonyl (C=S) groups is 1. The molecule has 18 atom stereocenters. The smallest absolute Gasteiger partial charge is 0.413 e. The Balaban J connectivity index is 0.000000144. The number of amides is 3. The van der Waals surface area contributed by atoms with E-state index in [2.05, 4.69) is 62.5 Å². The minimum atomic E-state index is -0.925. The number of halogens is 6. The van der Waals surface area contributed by atoms with Crippen LogP contribution in [0.4, 0.5) is 47.3 Å². The number of carbonyl (C=O) groups is 3. The minimum Gasteiger partial charge on any atom is -0.444 e. The summed E-state index contributed by atoms with van der Waals surface area (Å²) in [6.07, 6.45) is 9.66. The third-order valence-electron chi connectivity index (χ3n) is 27.4. The molecule has 7 aromatic carbocycles. The number of fused-ring (bicyclic) bond motifs is 4. The molecule has 20 nitrogen and oxygen atoms in total. The van der Waals surface area contributed by atoms with Gasteiger partial charge in [-0.05, 0) is 255 Å². The number of nitrogens with one attached hydrogen (secondary N) is 3. The first kappa shape index (κ1) is 101. The quantitative estimate of drug-likeness (QED) is 0.0185. The van der Waals surface area contributed by atoms with Gasteiger partial charge < -0.3 is 46.9 Å². The first-order valence-electron chi connectivity index (χ1n) is 45.4. The van der Waals surface area contributed by atoms with Crippen LogP contribution in [0.3, 0.4) is 0 Å². The third-order valence-corrected chi connectivity index (χ3v) is 30.7. The summed E-state index contributed by atoms with van der Waals surface area (Å²) < 4.78 is 102. The van der Waals surface area contributed by atoms with Crippen LogP contribution in [0.5, 0.6) is 0 Å². The van der Waals surface area contributed by atoms with Crippen molar-refractivity contribution in [2.45, 2.75) is 211 Å². The average molecular weight is 1880 g/mol. The van der Waals surface area contributed by atoms with Gasteiger partial charge in [-0.25, -0.2) is 35.9 Å². The summed E-state index contributed by atoms with van der Waals surface area (Å²) in [5, 5.41) is 40.2. The van der Waals surface area contributed by atoms with Crippen LogP contribution in [-0.4, -0.2) is 109 Å². The van der Waals surface area contributed by atoms with Crippen molar-refractivity contribution in [3.8, 4) is 0 Å². The van der Waals surface area contributed by atoms with E-state index >= 15 is 0 Å². The molecule has 0 radical (unpaired) electrons. The first-order chi connectivity index (χ1) is 62.0. The maximum Gasteiger partial charge on any atom is 0.413 e. The Bertz CT molecular complexity index is 5340. The predicted octanol–water partition coefficient (Wildman–Crippen LogP) is 21.4. The van der Waals surface area contributed by atoms with Crippen molar-refractivity contribution in [2.24, 2.45) is 97.5 Å². The highest BCUT2D eigenvalue weighted by atomic mass is 32.2. The minimum absolute atomic E-state index is 0.0230. The van der Waals surface area contributed by atoms with Gasteiger partial charge in [-0.1, -0.05) is 180 Å². The van der Waals surface area contributed by atoms with Crippen LogP contribution in [0.25, 0.3) is 0 Å². The number of aliphatic hydroxyl groups is 2. The Morgan fingerprint density at radius 1 is 0.504 bits per heavy atom. The predicted molar refractivity (Wildman–Crippen MR) is 514 cm³/mol. The number of aliphatic imine (C=N–C) groups is 3. The van der Waals surface area contributed by atoms with Crippen molar-refractivity contribution in [1.29, 1.82) is 0 Å². The van der Waals surface area contributed by atoms with E-state index in [-0.39, 0.29) is 94.5 Å². The lowest BCUT2D eigenvalue weighted by atomic mass is 9.69. The Labute approximate surface area is 783 Å². The van der Waals surface area contributed by atoms with Crippen LogP contribution < -0.4 is 33.2 Å². The molecule has 3 amide bonds. The Morgan fingerprint density at radius 2 is 0.916 bits per heavy atom. The third kappa shape index (κ3) is 23.4. The fourth-order valence-electron chi connectivity index (χ4n) is 22.4. The number of alkyl carbamates (subject to hydrolysis) is 2. The largest absolute Gasteiger partial charge is 0.444 e. The molecule has 0 aromatic heterocycles. The SMILES string of the molecule is C[C@@H]1C[C@@H](CO)[C@](CC(=S)NC(=O)c2ccccc2)(c2ccccc2F)C1.C[C@@H]1C[C@@H](CO)[C@](N)(c2ccccc2F)C1.C[C@@H]1C[C@H]2COC[C@@]2(c2ccccc2F)C1.C[C@@H]1C[C@H]2CSC(N)=N[C@@]2(c2ccccc2F)C1.C[C@@H]1C[C@H]2CSC(NC(=O)OC(C)(C)C)=N[C@@]2(c2cc(N)ccc2F)C1.C[C@@H]1C[C@H]2CSC(NC(=O)OC(C)(C)C)=N[C@@]2(c2cc([N+](=O)[O-])ccc2F)C1. The van der Waals surface area contributed by atoms with E-state index in [1.165, 1.54) is 60.3 Å². The van der Waals surface area contributed by atoms with Gasteiger partial charge in [0.15, 0.2) is 15.5 Å². The van der Waals surface area contributed by atoms with Crippen LogP contribution in [0.2, 0.25) is 0 Å². The molecule has 11 N–H and O–H groups in total. The van der Waals surface area contributed by atoms with Gasteiger partial charge in [-0.3, -0.25) is 40.5 Å². The van der Waals surface area contributed by atoms with E-state index in [1.54, 1.807) is 138 Å². The van der Waals surface area contributed by atoms with Gasteiger partial charge in [-0.2, -0.15) is 0 Å². The number of hydrogen-bond donors (Lipinski definition) is 8. The van der Waals surface area contributed by atoms with Gasteiger partial charge in [0, 0.05) is 105 Å². The second-order valence-corrected chi connectivity index (χ2v) is 43.5. The summed E-state index contributed by atoms with van der Waals surface area (Å²) in [6, 6.07) is 44.6. The van der Waals surface area contributed by atoms with Gasteiger partial charge in [0.25, 0.3) is 11.6 Å². The van der Waals surface area contributed by atoms with Crippen LogP contribution in [0.15, 0.2) is 179 Å². The van der Waals surface area contributed by atoms with Gasteiger partial charge in [0.2, 0.25) is 0 Å². The maximum atomic E-state index is 14.8. The van der Waals surface area contributed by atoms with Crippen molar-refractivity contribution in [2.75, 3.05) is 49.4 Å². The number of ether oxygens (including phenoxy) is 3. The number of aliphatic hydroxyl groups excluding tert-OH is 2. The van der Waals surface area contributed by atoms with E-state index in [0.717, 1.165) is 106 Å². The summed E-state index contributed by atoms with van der Waals surface area (Å²) in [6.45, 7) is 25.1. The second kappa shape index (κ2) is 42.4. The fourth-order valence-corrected chi connectivity index (χ4v) is 26.0. The van der Waals surface area contributed by atoms with Gasteiger partial charge in [0.05, 0.1) is 39.7 Å². The number of benzene rings is 7. The zero-order chi connectivity index (χ0) is 94.9. The van der Waals surface area contributed by atoms with Crippen LogP contribution in [0, 0.1) is 116 Å². The maximum absolute atomic E-state index is 14.8. The highest BCUT2D eigenvalue weighted by Crippen LogP contribution is 2.59. The molecule has 1 saturated heterocycles. The van der Waals surface area contributed by atoms with Crippen LogP contribution in [-0.2, 0) is 47.2 Å². The first-order valence-corrected chi connectivity index (χ1v) is 48.7. The topological polar surface area (TPSA) is 314 Å². The number of carbonyl (C=O) groups excluding carboxylic acids is 3. The lowest BCUT2D eigenvalue weighted by Crippen LogP contribution is -2.42. The molecule has 6 saturated carbocycles. The summed E-state index contributed by atoms with van der Waals surface area (Å²) in [4.78, 5) is 62.0. The van der Waals surface area contributed by atoms with E-state index in [4.69, 9.17) is 53.6 Å². The molecule has 706 valence electrons. The van der Waals surface area contributed by atoms with Crippen molar-refractivity contribution >= 4 is 97.5 Å². The van der Waals surface area contributed by atoms with E-state index in [9.17, 15) is 61.1 Å². The number of nitrogens with two attached hydrogens (primary N) is 3. The van der Waals surface area contributed by atoms with Gasteiger partial charge >= 0.3 is 12.2 Å². The monoisotopic (exact) mass is 1880 g/mol. The number of hydrogen-bond acceptors (Lipinski definition) is 20. The number of nitro groups is 1. The molecule has 0 spiro atoms. The number of non-ortho nitro benzene ring substituents is 1. The second-order valence-electron chi connectivity index (χ2n) is 39.9. The zero-order valence-electron chi connectivity index (χ0n) is 76.7. The standard InChI is InChI=1S/C22H24FNO2S.C19H24FN3O4S.C19H26FN3O2S.C14H17FN2S.C14H17FO.C13H18FNO/c1-15-11-17(14-25)22(12-15,18-9-5-6-10-19(18)23)13-20(27)24-21(26)16-7-3-2-4-8-16;1-11-7-12-10-28-16(21-17(24)27-18(2,3)4)22-19(12,9-11)14-8-13(23(25)26)5-6-15(14)20;1-11-7-12-10-26-16(22-17(24)25-18(2,3)4)23-19(12,9-11)14-8-13(21)5-6-15(14)20;1-9-6-10-8-18-13(16)17-14(10,7-9)11-4-2-3-5-12(11)15;1-10-6-11-8-16-9-14(11,7-10)12-4-2-3-5-13(12)15;1-9-6-10(8-16)13(15,7-9)11-4-2-3-5-12(11)14/h2-10,15,17,25H,11-14H2,1H3,(H,24,26,27);5-6,8,11-12H,7,9-10H2,1-4H3,(H,21,22,24);5-6,8,11-12H,7,9-10,21H2,1-4H3,(H,22,23,24);2-5,9-10H,6-8H2,1H3,(H2,16,17);2-5,10-11H,6-9H2,1H3;2-5,9-10,16H,6-8,15H2,1H3/t15-,17+,22+;2*11-,12+,19+;9-,10+,14+;10-,11+,14+;9-,10+,13+/m111111/s1. The fraction of sp³-hybridized carbons (Fsp3) is 0.515. The number of nitrogen functional groups attached to an aromatic ring is 1. The number of nitrogens with zero attached hydrogens (tertiary/aromatic N) is 4. The molecule has 0 unspecified atom stereocenters. The lowest BCUT2D eigenvalue weighted by Gasteiger charge is -2.37. The van der Waals surface area contributed by atoms with Crippen LogP contribution >= 0.6 is 47.5 Å². The summed E-state index contributed by atoms with van der Waals surface area (Å²) >= 11 is 9.96. The van der Waals surface area contributed by atoms with Crippen molar-refractivity contribution in [3.05, 3.63) is 248 Å². The Morgan fingerprint density at radius 3 is 1.41 bits per heavy atom. The highest BCUT2D eigenvalue weighted by molar-refractivity contribution is 8.14. The number of rotatable bonds is 12. The van der Waals surface area contributed by atoms with Gasteiger partial charge in [0.1, 0.15) is 46.1 Å². The average Bonchev–Trinajstić information content (AvgIpc) is 1.58. The number of amidine groups is 3. The normalized spacial score (nSPS) is 30.0.